The summed E-state index contributed by atoms with van der Waals surface area (Å²) < 4.78 is 5.04. The van der Waals surface area contributed by atoms with Crippen LogP contribution in [0.5, 0.6) is 0 Å². The molecule has 3 unspecified atom stereocenters. The van der Waals surface area contributed by atoms with Crippen molar-refractivity contribution in [2.75, 3.05) is 18.1 Å². The van der Waals surface area contributed by atoms with E-state index in [1.165, 1.54) is 5.56 Å². The zero-order valence-electron chi connectivity index (χ0n) is 12.0. The average Bonchev–Trinajstić information content (AvgIpc) is 2.85. The van der Waals surface area contributed by atoms with Gasteiger partial charge in [0.15, 0.2) is 0 Å². The van der Waals surface area contributed by atoms with Gasteiger partial charge in [0.2, 0.25) is 0 Å². The molecule has 4 heteroatoms. The Morgan fingerprint density at radius 1 is 1.40 bits per heavy atom. The van der Waals surface area contributed by atoms with Crippen LogP contribution in [-0.4, -0.2) is 35.3 Å². The summed E-state index contributed by atoms with van der Waals surface area (Å²) >= 11 is 1.82. The number of hydrogen-bond donors (Lipinski definition) is 1. The van der Waals surface area contributed by atoms with Crippen molar-refractivity contribution in [1.82, 2.24) is 0 Å². The first kappa shape index (κ1) is 15.4. The summed E-state index contributed by atoms with van der Waals surface area (Å²) in [6.45, 7) is 4.10. The van der Waals surface area contributed by atoms with Gasteiger partial charge in [0.1, 0.15) is 0 Å². The van der Waals surface area contributed by atoms with Crippen LogP contribution in [0, 0.1) is 5.92 Å². The maximum atomic E-state index is 11.7. The quantitative estimate of drug-likeness (QED) is 0.848. The minimum Gasteiger partial charge on any atom is -0.466 e. The number of rotatable bonds is 5. The Morgan fingerprint density at radius 2 is 2.10 bits per heavy atom. The van der Waals surface area contributed by atoms with Gasteiger partial charge in [-0.15, -0.1) is 0 Å². The van der Waals surface area contributed by atoms with E-state index in [9.17, 15) is 9.90 Å². The zero-order valence-corrected chi connectivity index (χ0v) is 12.9. The van der Waals surface area contributed by atoms with Gasteiger partial charge in [-0.3, -0.25) is 4.79 Å². The number of aliphatic hydroxyl groups excluding tert-OH is 1. The van der Waals surface area contributed by atoms with Crippen LogP contribution >= 0.6 is 11.8 Å². The standard InChI is InChI=1S/C16H22O3S/c1-3-19-16(18)11(2)13-6-4-12(5-7-13)8-14-9-20-10-15(14)17/h4-7,11,14-15,17H,3,8-10H2,1-2H3. The van der Waals surface area contributed by atoms with Crippen molar-refractivity contribution in [2.45, 2.75) is 32.3 Å². The number of ether oxygens (including phenoxy) is 1. The molecule has 1 fully saturated rings. The summed E-state index contributed by atoms with van der Waals surface area (Å²) in [7, 11) is 0. The molecule has 3 atom stereocenters. The molecule has 1 aliphatic heterocycles. The molecular weight excluding hydrogens is 272 g/mol. The van der Waals surface area contributed by atoms with E-state index in [0.29, 0.717) is 12.5 Å². The van der Waals surface area contributed by atoms with Crippen LogP contribution in [0.2, 0.25) is 0 Å². The van der Waals surface area contributed by atoms with Crippen LogP contribution in [0.4, 0.5) is 0 Å². The summed E-state index contributed by atoms with van der Waals surface area (Å²) in [6.07, 6.45) is 0.723. The number of benzene rings is 1. The molecule has 1 aromatic carbocycles. The van der Waals surface area contributed by atoms with Gasteiger partial charge in [-0.05, 0) is 43.1 Å². The third kappa shape index (κ3) is 3.76. The Bertz CT molecular complexity index is 444. The Morgan fingerprint density at radius 3 is 2.65 bits per heavy atom. The molecule has 0 aliphatic carbocycles. The van der Waals surface area contributed by atoms with Crippen molar-refractivity contribution < 1.29 is 14.6 Å². The predicted octanol–water partition coefficient (Wildman–Crippen LogP) is 2.62. The number of carbonyl (C=O) groups is 1. The number of esters is 1. The molecule has 1 aliphatic rings. The van der Waals surface area contributed by atoms with Gasteiger partial charge >= 0.3 is 5.97 Å². The molecule has 1 saturated heterocycles. The topological polar surface area (TPSA) is 46.5 Å². The fourth-order valence-corrected chi connectivity index (χ4v) is 3.72. The van der Waals surface area contributed by atoms with E-state index in [4.69, 9.17) is 4.74 Å². The van der Waals surface area contributed by atoms with Crippen LogP contribution < -0.4 is 0 Å². The summed E-state index contributed by atoms with van der Waals surface area (Å²) in [4.78, 5) is 11.7. The Kier molecular flexibility index (Phi) is 5.49. The molecule has 1 aromatic rings. The molecular formula is C16H22O3S. The molecule has 2 rings (SSSR count). The van der Waals surface area contributed by atoms with E-state index in [2.05, 4.69) is 12.1 Å². The number of carbonyl (C=O) groups excluding carboxylic acids is 1. The lowest BCUT2D eigenvalue weighted by molar-refractivity contribution is -0.144. The van der Waals surface area contributed by atoms with Crippen LogP contribution in [0.25, 0.3) is 0 Å². The largest absolute Gasteiger partial charge is 0.466 e. The van der Waals surface area contributed by atoms with Crippen molar-refractivity contribution in [3.05, 3.63) is 35.4 Å². The predicted molar refractivity (Wildman–Crippen MR) is 82.0 cm³/mol. The van der Waals surface area contributed by atoms with Gasteiger partial charge < -0.3 is 9.84 Å². The van der Waals surface area contributed by atoms with Crippen LogP contribution in [0.3, 0.4) is 0 Å². The normalized spacial score (nSPS) is 23.6. The van der Waals surface area contributed by atoms with E-state index in [1.807, 2.05) is 37.7 Å². The molecule has 1 N–H and O–H groups in total. The fourth-order valence-electron chi connectivity index (χ4n) is 2.43. The number of aliphatic hydroxyl groups is 1. The number of hydrogen-bond acceptors (Lipinski definition) is 4. The third-order valence-electron chi connectivity index (χ3n) is 3.78. The number of thioether (sulfide) groups is 1. The van der Waals surface area contributed by atoms with E-state index >= 15 is 0 Å². The first-order valence-corrected chi connectivity index (χ1v) is 8.28. The molecule has 20 heavy (non-hydrogen) atoms. The van der Waals surface area contributed by atoms with Crippen molar-refractivity contribution in [2.24, 2.45) is 5.92 Å². The molecule has 0 saturated carbocycles. The highest BCUT2D eigenvalue weighted by Crippen LogP contribution is 2.27. The molecule has 0 radical (unpaired) electrons. The van der Waals surface area contributed by atoms with Gasteiger partial charge in [0, 0.05) is 5.75 Å². The summed E-state index contributed by atoms with van der Waals surface area (Å²) in [5.41, 5.74) is 2.20. The van der Waals surface area contributed by atoms with Gasteiger partial charge in [-0.2, -0.15) is 11.8 Å². The molecule has 0 spiro atoms. The van der Waals surface area contributed by atoms with Crippen LogP contribution in [0.1, 0.15) is 30.9 Å². The first-order chi connectivity index (χ1) is 9.61. The highest BCUT2D eigenvalue weighted by Gasteiger charge is 2.25. The second-order valence-electron chi connectivity index (χ2n) is 5.28. The lowest BCUT2D eigenvalue weighted by Gasteiger charge is -2.15. The highest BCUT2D eigenvalue weighted by atomic mass is 32.2. The molecule has 0 bridgehead atoms. The van der Waals surface area contributed by atoms with E-state index < -0.39 is 0 Å². The zero-order chi connectivity index (χ0) is 14.5. The summed E-state index contributed by atoms with van der Waals surface area (Å²) in [5, 5.41) is 9.84. The minimum absolute atomic E-state index is 0.178. The lowest BCUT2D eigenvalue weighted by Crippen LogP contribution is -2.20. The minimum atomic E-state index is -0.225. The monoisotopic (exact) mass is 294 g/mol. The van der Waals surface area contributed by atoms with Gasteiger partial charge in [-0.1, -0.05) is 24.3 Å². The Labute approximate surface area is 124 Å². The SMILES string of the molecule is CCOC(=O)C(C)c1ccc(CC2CSCC2O)cc1. The van der Waals surface area contributed by atoms with Crippen LogP contribution in [-0.2, 0) is 16.0 Å². The molecule has 1 heterocycles. The highest BCUT2D eigenvalue weighted by molar-refractivity contribution is 7.99. The van der Waals surface area contributed by atoms with Crippen LogP contribution in [0.15, 0.2) is 24.3 Å². The lowest BCUT2D eigenvalue weighted by atomic mass is 9.94. The van der Waals surface area contributed by atoms with Gasteiger partial charge in [0.25, 0.3) is 0 Å². The van der Waals surface area contributed by atoms with Crippen molar-refractivity contribution in [3.8, 4) is 0 Å². The fraction of sp³-hybridized carbons (Fsp3) is 0.562. The first-order valence-electron chi connectivity index (χ1n) is 7.13. The molecule has 0 amide bonds. The second kappa shape index (κ2) is 7.14. The van der Waals surface area contributed by atoms with Crippen molar-refractivity contribution in [1.29, 1.82) is 0 Å². The Hall–Kier alpha value is -1.00. The van der Waals surface area contributed by atoms with Crippen molar-refractivity contribution >= 4 is 17.7 Å². The van der Waals surface area contributed by atoms with E-state index in [1.54, 1.807) is 0 Å². The van der Waals surface area contributed by atoms with E-state index in [-0.39, 0.29) is 18.0 Å². The maximum Gasteiger partial charge on any atom is 0.313 e. The van der Waals surface area contributed by atoms with Gasteiger partial charge in [0.05, 0.1) is 18.6 Å². The van der Waals surface area contributed by atoms with E-state index in [0.717, 1.165) is 23.5 Å². The smallest absolute Gasteiger partial charge is 0.313 e. The average molecular weight is 294 g/mol. The summed E-state index contributed by atoms with van der Waals surface area (Å²) in [5.74, 6) is 1.83. The Balaban J connectivity index is 1.97. The third-order valence-corrected chi connectivity index (χ3v) is 5.02. The second-order valence-corrected chi connectivity index (χ2v) is 6.36. The van der Waals surface area contributed by atoms with Gasteiger partial charge in [-0.25, -0.2) is 0 Å². The molecule has 0 aromatic heterocycles. The summed E-state index contributed by atoms with van der Waals surface area (Å²) in [6, 6.07) is 8.10. The molecule has 3 nitrogen and oxygen atoms in total. The maximum absolute atomic E-state index is 11.7. The molecule has 110 valence electrons. The van der Waals surface area contributed by atoms with Crippen molar-refractivity contribution in [3.63, 3.8) is 0 Å².